The number of hydrogen-bond donors (Lipinski definition) is 0. The van der Waals surface area contributed by atoms with Gasteiger partial charge in [0.2, 0.25) is 0 Å². The Kier molecular flexibility index (Phi) is 7.88. The van der Waals surface area contributed by atoms with Gasteiger partial charge in [-0.15, -0.1) is 5.54 Å². The molecule has 0 aliphatic carbocycles. The molecule has 0 aliphatic heterocycles. The summed E-state index contributed by atoms with van der Waals surface area (Å²) in [6.45, 7) is 6.79. The van der Waals surface area contributed by atoms with E-state index in [1.807, 2.05) is 20.2 Å². The zero-order valence-corrected chi connectivity index (χ0v) is 15.9. The molecule has 0 unspecified atom stereocenters. The van der Waals surface area contributed by atoms with Gasteiger partial charge in [0.25, 0.3) is 5.71 Å². The van der Waals surface area contributed by atoms with Crippen LogP contribution in [0.15, 0.2) is 30.3 Å². The van der Waals surface area contributed by atoms with Crippen molar-refractivity contribution in [2.75, 3.05) is 14.1 Å². The quantitative estimate of drug-likeness (QED) is 0.188. The molecule has 24 heavy (non-hydrogen) atoms. The summed E-state index contributed by atoms with van der Waals surface area (Å²) in [5.74, 6) is 3.33. The molecule has 0 bridgehead atoms. The second kappa shape index (κ2) is 8.46. The number of hydrogen-bond acceptors (Lipinski definition) is 3. The molecule has 0 N–H and O–H groups in total. The molecule has 1 rings (SSSR count). The lowest BCUT2D eigenvalue weighted by molar-refractivity contribution is -0.462. The minimum atomic E-state index is -6.09. The summed E-state index contributed by atoms with van der Waals surface area (Å²) in [6.07, 6.45) is 0. The summed E-state index contributed by atoms with van der Waals surface area (Å²) < 4.78 is 61.0. The molecule has 0 saturated carbocycles. The Morgan fingerprint density at radius 2 is 1.54 bits per heavy atom. The van der Waals surface area contributed by atoms with Gasteiger partial charge in [0.1, 0.15) is 22.2 Å². The van der Waals surface area contributed by atoms with Gasteiger partial charge in [0.05, 0.1) is 5.56 Å². The first-order chi connectivity index (χ1) is 10.6. The third kappa shape index (κ3) is 8.86. The van der Waals surface area contributed by atoms with Crippen LogP contribution in [0.25, 0.3) is 0 Å². The average molecular weight is 379 g/mol. The fourth-order valence-electron chi connectivity index (χ4n) is 1.28. The molecule has 0 aromatic heterocycles. The summed E-state index contributed by atoms with van der Waals surface area (Å²) in [5, 5.41) is 0. The summed E-state index contributed by atoms with van der Waals surface area (Å²) in [7, 11) is -3.31. The lowest BCUT2D eigenvalue weighted by Gasteiger charge is -2.08. The van der Waals surface area contributed by atoms with Gasteiger partial charge in [-0.2, -0.15) is 13.2 Å². The van der Waals surface area contributed by atoms with Crippen molar-refractivity contribution in [3.8, 4) is 11.5 Å². The van der Waals surface area contributed by atoms with Crippen LogP contribution < -0.4 is 0 Å². The Labute approximate surface area is 141 Å². The highest BCUT2D eigenvalue weighted by molar-refractivity contribution is 7.86. The molecule has 134 valence electrons. The Morgan fingerprint density at radius 3 is 1.83 bits per heavy atom. The van der Waals surface area contributed by atoms with Gasteiger partial charge in [-0.25, -0.2) is 13.0 Å². The summed E-state index contributed by atoms with van der Waals surface area (Å²) >= 11 is 0. The van der Waals surface area contributed by atoms with Crippen LogP contribution in [0.2, 0.25) is 19.6 Å². The average Bonchev–Trinajstić information content (AvgIpc) is 2.36. The predicted octanol–water partition coefficient (Wildman–Crippen LogP) is 2.68. The van der Waals surface area contributed by atoms with E-state index in [1.54, 1.807) is 0 Å². The highest BCUT2D eigenvalue weighted by atomic mass is 32.2. The minimum Gasteiger partial charge on any atom is -0.741 e. The van der Waals surface area contributed by atoms with Crippen LogP contribution in [0.3, 0.4) is 0 Å². The van der Waals surface area contributed by atoms with Gasteiger partial charge in [-0.3, -0.25) is 0 Å². The first-order valence-corrected chi connectivity index (χ1v) is 11.7. The van der Waals surface area contributed by atoms with E-state index in [-0.39, 0.29) is 0 Å². The van der Waals surface area contributed by atoms with Crippen molar-refractivity contribution in [3.05, 3.63) is 35.9 Å². The smallest absolute Gasteiger partial charge is 0.485 e. The van der Waals surface area contributed by atoms with Crippen LogP contribution in [0.5, 0.6) is 0 Å². The summed E-state index contributed by atoms with van der Waals surface area (Å²) in [4.78, 5) is 0. The van der Waals surface area contributed by atoms with E-state index in [4.69, 9.17) is 13.0 Å². The molecule has 4 nitrogen and oxygen atoms in total. The Bertz CT molecular complexity index is 736. The van der Waals surface area contributed by atoms with E-state index in [9.17, 15) is 13.2 Å². The van der Waals surface area contributed by atoms with Crippen molar-refractivity contribution in [1.29, 1.82) is 0 Å². The van der Waals surface area contributed by atoms with Gasteiger partial charge in [0, 0.05) is 0 Å². The minimum absolute atomic E-state index is 1.10. The SMILES string of the molecule is C[N+](C)=C(C#C[Si](C)(C)C)c1ccccc1.O=S(=O)([O-])C(F)(F)F. The Morgan fingerprint density at radius 1 is 1.12 bits per heavy atom. The van der Waals surface area contributed by atoms with Crippen molar-refractivity contribution >= 4 is 23.9 Å². The van der Waals surface area contributed by atoms with Crippen LogP contribution in [-0.4, -0.2) is 50.9 Å². The zero-order valence-electron chi connectivity index (χ0n) is 14.1. The van der Waals surface area contributed by atoms with E-state index < -0.39 is 23.7 Å². The number of halogens is 3. The Hall–Kier alpha value is -1.63. The molecule has 0 amide bonds. The number of alkyl halides is 3. The molecule has 1 aromatic carbocycles. The highest BCUT2D eigenvalue weighted by Gasteiger charge is 2.36. The zero-order chi connectivity index (χ0) is 19.2. The molecule has 9 heteroatoms. The Balaban J connectivity index is 0.000000561. The van der Waals surface area contributed by atoms with Crippen LogP contribution >= 0.6 is 0 Å². The molecular weight excluding hydrogens is 359 g/mol. The van der Waals surface area contributed by atoms with E-state index in [2.05, 4.69) is 59.9 Å². The second-order valence-electron chi connectivity index (χ2n) is 6.01. The van der Waals surface area contributed by atoms with E-state index in [1.165, 1.54) is 5.56 Å². The van der Waals surface area contributed by atoms with Crippen LogP contribution in [-0.2, 0) is 10.1 Å². The van der Waals surface area contributed by atoms with E-state index >= 15 is 0 Å². The molecule has 0 saturated heterocycles. The molecule has 0 aliphatic rings. The van der Waals surface area contributed by atoms with Gasteiger partial charge >= 0.3 is 5.51 Å². The molecular formula is C15H20F3NO3SSi. The normalized spacial score (nSPS) is 11.5. The molecule has 0 atom stereocenters. The van der Waals surface area contributed by atoms with Crippen molar-refractivity contribution in [2.45, 2.75) is 25.1 Å². The van der Waals surface area contributed by atoms with Gasteiger partial charge < -0.3 is 4.55 Å². The topological polar surface area (TPSA) is 60.2 Å². The lowest BCUT2D eigenvalue weighted by atomic mass is 10.1. The maximum absolute atomic E-state index is 10.7. The predicted molar refractivity (Wildman–Crippen MR) is 89.5 cm³/mol. The lowest BCUT2D eigenvalue weighted by Crippen LogP contribution is -2.21. The summed E-state index contributed by atoms with van der Waals surface area (Å²) in [5.41, 5.74) is 0.0590. The molecule has 0 fully saturated rings. The van der Waals surface area contributed by atoms with E-state index in [0.29, 0.717) is 0 Å². The number of rotatable bonds is 1. The molecule has 0 radical (unpaired) electrons. The maximum Gasteiger partial charge on any atom is 0.485 e. The maximum atomic E-state index is 10.7. The van der Waals surface area contributed by atoms with Crippen LogP contribution in [0.4, 0.5) is 13.2 Å². The monoisotopic (exact) mass is 379 g/mol. The molecule has 0 heterocycles. The van der Waals surface area contributed by atoms with Crippen molar-refractivity contribution in [1.82, 2.24) is 0 Å². The summed E-state index contributed by atoms with van der Waals surface area (Å²) in [6, 6.07) is 10.3. The fourth-order valence-corrected chi connectivity index (χ4v) is 1.78. The third-order valence-corrected chi connectivity index (χ3v) is 3.78. The van der Waals surface area contributed by atoms with Crippen molar-refractivity contribution in [3.63, 3.8) is 0 Å². The van der Waals surface area contributed by atoms with Gasteiger partial charge in [-0.1, -0.05) is 37.8 Å². The van der Waals surface area contributed by atoms with Crippen molar-refractivity contribution < 1.29 is 30.7 Å². The second-order valence-corrected chi connectivity index (χ2v) is 12.1. The first-order valence-electron chi connectivity index (χ1n) is 6.80. The first kappa shape index (κ1) is 22.4. The number of benzene rings is 1. The van der Waals surface area contributed by atoms with E-state index in [0.717, 1.165) is 5.71 Å². The molecule has 0 spiro atoms. The standard InChI is InChI=1S/C14H20NSi.CHF3O3S/c1-15(2)14(11-12-16(3,4)5)13-9-7-6-8-10-13;2-1(3,4)8(5,6)7/h6-10H,1-5H3;(H,5,6,7)/q+1;/p-1. The van der Waals surface area contributed by atoms with Crippen molar-refractivity contribution in [2.24, 2.45) is 0 Å². The highest BCUT2D eigenvalue weighted by Crippen LogP contribution is 2.20. The fraction of sp³-hybridized carbons (Fsp3) is 0.400. The van der Waals surface area contributed by atoms with Crippen LogP contribution in [0.1, 0.15) is 5.56 Å². The number of nitrogens with zero attached hydrogens (tertiary/aromatic N) is 1. The van der Waals surface area contributed by atoms with Crippen LogP contribution in [0, 0.1) is 11.5 Å². The van der Waals surface area contributed by atoms with Gasteiger partial charge in [-0.05, 0) is 18.1 Å². The largest absolute Gasteiger partial charge is 0.741 e. The third-order valence-electron chi connectivity index (χ3n) is 2.33. The molecule has 1 aromatic rings. The van der Waals surface area contributed by atoms with Gasteiger partial charge in [0.15, 0.2) is 10.1 Å².